The molecule has 0 aliphatic carbocycles. The summed E-state index contributed by atoms with van der Waals surface area (Å²) in [7, 11) is -1.39. The molecule has 0 N–H and O–H groups in total. The van der Waals surface area contributed by atoms with Crippen molar-refractivity contribution in [3.8, 4) is 0 Å². The lowest BCUT2D eigenvalue weighted by Gasteiger charge is -2.30. The fourth-order valence-electron chi connectivity index (χ4n) is 3.40. The van der Waals surface area contributed by atoms with Gasteiger partial charge in [0, 0.05) is 32.7 Å². The van der Waals surface area contributed by atoms with Crippen LogP contribution in [0.5, 0.6) is 0 Å². The van der Waals surface area contributed by atoms with Gasteiger partial charge in [-0.3, -0.25) is 0 Å². The van der Waals surface area contributed by atoms with Crippen LogP contribution in [-0.4, -0.2) is 54.8 Å². The predicted octanol–water partition coefficient (Wildman–Crippen LogP) is 2.21. The molecule has 7 heteroatoms. The number of rotatable bonds is 6. The summed E-state index contributed by atoms with van der Waals surface area (Å²) >= 11 is 0. The number of nitrogens with zero attached hydrogens (tertiary/aromatic N) is 3. The zero-order valence-electron chi connectivity index (χ0n) is 14.3. The Morgan fingerprint density at radius 2 is 1.96 bits per heavy atom. The van der Waals surface area contributed by atoms with E-state index in [4.69, 9.17) is 9.72 Å². The summed E-state index contributed by atoms with van der Waals surface area (Å²) in [6, 6.07) is 8.13. The van der Waals surface area contributed by atoms with Crippen molar-refractivity contribution in [1.82, 2.24) is 13.9 Å². The Balaban J connectivity index is 1.85. The molecule has 1 aromatic carbocycles. The highest BCUT2D eigenvalue weighted by Crippen LogP contribution is 2.31. The number of imidazole rings is 1. The zero-order valence-corrected chi connectivity index (χ0v) is 15.1. The van der Waals surface area contributed by atoms with Gasteiger partial charge in [0.05, 0.1) is 23.4 Å². The van der Waals surface area contributed by atoms with E-state index in [0.29, 0.717) is 19.7 Å². The van der Waals surface area contributed by atoms with Crippen molar-refractivity contribution in [3.63, 3.8) is 0 Å². The Morgan fingerprint density at radius 1 is 1.25 bits per heavy atom. The highest BCUT2D eigenvalue weighted by molar-refractivity contribution is 7.89. The second kappa shape index (κ2) is 7.21. The van der Waals surface area contributed by atoms with Crippen LogP contribution >= 0.6 is 0 Å². The number of aromatic nitrogens is 2. The number of para-hydroxylation sites is 2. The number of sulfonamides is 1. The van der Waals surface area contributed by atoms with E-state index >= 15 is 0 Å². The molecule has 0 spiro atoms. The summed E-state index contributed by atoms with van der Waals surface area (Å²) in [6.07, 6.45) is 1.63. The molecule has 1 aliphatic rings. The minimum Gasteiger partial charge on any atom is -0.383 e. The summed E-state index contributed by atoms with van der Waals surface area (Å²) in [5, 5.41) is 0. The smallest absolute Gasteiger partial charge is 0.213 e. The molecule has 132 valence electrons. The van der Waals surface area contributed by atoms with Crippen LogP contribution in [0.15, 0.2) is 24.3 Å². The maximum absolute atomic E-state index is 12.0. The van der Waals surface area contributed by atoms with Gasteiger partial charge >= 0.3 is 0 Å². The second-order valence-electron chi connectivity index (χ2n) is 6.18. The molecule has 2 aromatic rings. The molecule has 0 bridgehead atoms. The maximum atomic E-state index is 12.0. The number of hydrogen-bond acceptors (Lipinski definition) is 4. The lowest BCUT2D eigenvalue weighted by molar-refractivity contribution is 0.186. The van der Waals surface area contributed by atoms with Gasteiger partial charge in [-0.1, -0.05) is 12.1 Å². The molecule has 0 amide bonds. The lowest BCUT2D eigenvalue weighted by Crippen LogP contribution is -2.39. The van der Waals surface area contributed by atoms with Crippen LogP contribution in [0, 0.1) is 0 Å². The van der Waals surface area contributed by atoms with E-state index in [1.54, 1.807) is 18.3 Å². The van der Waals surface area contributed by atoms with Crippen molar-refractivity contribution in [1.29, 1.82) is 0 Å². The molecule has 1 saturated heterocycles. The Bertz CT molecular complexity index is 793. The van der Waals surface area contributed by atoms with Gasteiger partial charge in [0.2, 0.25) is 10.0 Å². The number of fused-ring (bicyclic) bond motifs is 1. The topological polar surface area (TPSA) is 64.4 Å². The van der Waals surface area contributed by atoms with E-state index in [1.807, 2.05) is 18.2 Å². The Labute approximate surface area is 143 Å². The van der Waals surface area contributed by atoms with Crippen molar-refractivity contribution in [2.45, 2.75) is 32.2 Å². The highest BCUT2D eigenvalue weighted by atomic mass is 32.2. The van der Waals surface area contributed by atoms with E-state index in [0.717, 1.165) is 36.2 Å². The third-order valence-electron chi connectivity index (χ3n) is 4.78. The van der Waals surface area contributed by atoms with Crippen molar-refractivity contribution >= 4 is 21.1 Å². The van der Waals surface area contributed by atoms with Crippen LogP contribution in [0.2, 0.25) is 0 Å². The van der Waals surface area contributed by atoms with Gasteiger partial charge in [-0.2, -0.15) is 0 Å². The van der Waals surface area contributed by atoms with Crippen molar-refractivity contribution in [3.05, 3.63) is 30.1 Å². The molecule has 0 atom stereocenters. The molecular weight excluding hydrogens is 326 g/mol. The minimum atomic E-state index is -3.09. The normalized spacial score (nSPS) is 17.6. The third-order valence-corrected chi connectivity index (χ3v) is 6.66. The minimum absolute atomic E-state index is 0.171. The Morgan fingerprint density at radius 3 is 2.62 bits per heavy atom. The first kappa shape index (κ1) is 17.4. The first-order valence-corrected chi connectivity index (χ1v) is 10.1. The molecule has 24 heavy (non-hydrogen) atoms. The van der Waals surface area contributed by atoms with Crippen LogP contribution in [0.25, 0.3) is 11.0 Å². The molecule has 0 saturated carbocycles. The van der Waals surface area contributed by atoms with E-state index in [2.05, 4.69) is 10.6 Å². The van der Waals surface area contributed by atoms with Gasteiger partial charge in [0.1, 0.15) is 5.82 Å². The van der Waals surface area contributed by atoms with E-state index in [-0.39, 0.29) is 11.7 Å². The number of benzene rings is 1. The highest BCUT2D eigenvalue weighted by Gasteiger charge is 2.30. The molecule has 0 radical (unpaired) electrons. The van der Waals surface area contributed by atoms with Crippen LogP contribution in [-0.2, 0) is 21.3 Å². The third kappa shape index (κ3) is 3.34. The standard InChI is InChI=1S/C17H25N3O3S/c1-3-24(21,22)19-10-8-14(9-11-19)17-18-15-6-4-5-7-16(15)20(17)12-13-23-2/h4-7,14H,3,8-13H2,1-2H3. The predicted molar refractivity (Wildman–Crippen MR) is 94.6 cm³/mol. The van der Waals surface area contributed by atoms with Gasteiger partial charge in [-0.25, -0.2) is 17.7 Å². The fourth-order valence-corrected chi connectivity index (χ4v) is 4.53. The van der Waals surface area contributed by atoms with Crippen molar-refractivity contribution in [2.75, 3.05) is 32.6 Å². The van der Waals surface area contributed by atoms with Crippen molar-refractivity contribution in [2.24, 2.45) is 0 Å². The van der Waals surface area contributed by atoms with Crippen LogP contribution < -0.4 is 0 Å². The van der Waals surface area contributed by atoms with Crippen LogP contribution in [0.1, 0.15) is 31.5 Å². The number of piperidine rings is 1. The molecule has 1 aromatic heterocycles. The average molecular weight is 351 g/mol. The molecule has 1 fully saturated rings. The van der Waals surface area contributed by atoms with Crippen molar-refractivity contribution < 1.29 is 13.2 Å². The van der Waals surface area contributed by atoms with Gasteiger partial charge in [0.25, 0.3) is 0 Å². The molecule has 6 nitrogen and oxygen atoms in total. The van der Waals surface area contributed by atoms with Gasteiger partial charge < -0.3 is 9.30 Å². The van der Waals surface area contributed by atoms with Gasteiger partial charge in [-0.15, -0.1) is 0 Å². The molecule has 1 aliphatic heterocycles. The average Bonchev–Trinajstić information content (AvgIpc) is 2.98. The largest absolute Gasteiger partial charge is 0.383 e. The quantitative estimate of drug-likeness (QED) is 0.800. The number of methoxy groups -OCH3 is 1. The summed E-state index contributed by atoms with van der Waals surface area (Å²) in [6.45, 7) is 4.25. The summed E-state index contributed by atoms with van der Waals surface area (Å²) in [5.74, 6) is 1.52. The molecule has 3 rings (SSSR count). The number of ether oxygens (including phenoxy) is 1. The fraction of sp³-hybridized carbons (Fsp3) is 0.588. The summed E-state index contributed by atoms with van der Waals surface area (Å²) in [4.78, 5) is 4.84. The molecular formula is C17H25N3O3S. The van der Waals surface area contributed by atoms with E-state index in [9.17, 15) is 8.42 Å². The zero-order chi connectivity index (χ0) is 17.2. The lowest BCUT2D eigenvalue weighted by atomic mass is 9.97. The maximum Gasteiger partial charge on any atom is 0.213 e. The second-order valence-corrected chi connectivity index (χ2v) is 8.43. The van der Waals surface area contributed by atoms with E-state index in [1.165, 1.54) is 0 Å². The first-order valence-electron chi connectivity index (χ1n) is 8.48. The first-order chi connectivity index (χ1) is 11.6. The summed E-state index contributed by atoms with van der Waals surface area (Å²) in [5.41, 5.74) is 2.11. The van der Waals surface area contributed by atoms with E-state index < -0.39 is 10.0 Å². The van der Waals surface area contributed by atoms with Gasteiger partial charge in [-0.05, 0) is 31.9 Å². The van der Waals surface area contributed by atoms with Crippen LogP contribution in [0.4, 0.5) is 0 Å². The molecule has 0 unspecified atom stereocenters. The van der Waals surface area contributed by atoms with Gasteiger partial charge in [0.15, 0.2) is 0 Å². The SMILES string of the molecule is CCS(=O)(=O)N1CCC(c2nc3ccccc3n2CCOC)CC1. The Kier molecular flexibility index (Phi) is 5.22. The Hall–Kier alpha value is -1.44. The molecule has 2 heterocycles. The number of hydrogen-bond donors (Lipinski definition) is 0. The summed E-state index contributed by atoms with van der Waals surface area (Å²) < 4.78 is 33.2. The monoisotopic (exact) mass is 351 g/mol. The van der Waals surface area contributed by atoms with Crippen LogP contribution in [0.3, 0.4) is 0 Å².